The van der Waals surface area contributed by atoms with Crippen LogP contribution in [0.1, 0.15) is 15.9 Å². The van der Waals surface area contributed by atoms with Gasteiger partial charge in [0.15, 0.2) is 11.5 Å². The number of hydrogen-bond acceptors (Lipinski definition) is 5. The number of aromatic nitrogens is 2. The van der Waals surface area contributed by atoms with Crippen LogP contribution in [0.5, 0.6) is 11.5 Å². The molecule has 1 amide bonds. The maximum Gasteiger partial charge on any atom is 0.329 e. The Labute approximate surface area is 187 Å². The minimum atomic E-state index is -0.571. The van der Waals surface area contributed by atoms with Gasteiger partial charge < -0.3 is 19.8 Å². The number of ether oxygens (including phenoxy) is 2. The van der Waals surface area contributed by atoms with Crippen LogP contribution in [-0.4, -0.2) is 29.7 Å². The van der Waals surface area contributed by atoms with Gasteiger partial charge in [-0.15, -0.1) is 0 Å². The summed E-state index contributed by atoms with van der Waals surface area (Å²) in [6.45, 7) is 0.0122. The van der Waals surface area contributed by atoms with Crippen LogP contribution in [0.3, 0.4) is 0 Å². The summed E-state index contributed by atoms with van der Waals surface area (Å²) in [5, 5.41) is 2.96. The first-order chi connectivity index (χ1) is 15.9. The number of methoxy groups -OCH3 is 2. The van der Waals surface area contributed by atoms with Crippen molar-refractivity contribution in [2.75, 3.05) is 19.5 Å². The van der Waals surface area contributed by atoms with Crippen molar-refractivity contribution in [1.82, 2.24) is 9.55 Å². The molecule has 0 aliphatic heterocycles. The molecular weight excluding hydrogens is 429 g/mol. The van der Waals surface area contributed by atoms with Crippen LogP contribution >= 0.6 is 0 Å². The summed E-state index contributed by atoms with van der Waals surface area (Å²) in [6.07, 6.45) is 0. The van der Waals surface area contributed by atoms with E-state index < -0.39 is 17.1 Å². The second-order valence-electron chi connectivity index (χ2n) is 7.23. The lowest BCUT2D eigenvalue weighted by Crippen LogP contribution is -2.35. The fourth-order valence-corrected chi connectivity index (χ4v) is 3.40. The zero-order valence-electron chi connectivity index (χ0n) is 17.8. The van der Waals surface area contributed by atoms with Crippen molar-refractivity contribution in [2.24, 2.45) is 0 Å². The van der Waals surface area contributed by atoms with Gasteiger partial charge in [0.05, 0.1) is 31.7 Å². The fraction of sp³-hybridized carbons (Fsp3) is 0.125. The molecule has 0 spiro atoms. The highest BCUT2D eigenvalue weighted by Crippen LogP contribution is 2.29. The Morgan fingerprint density at radius 3 is 2.24 bits per heavy atom. The van der Waals surface area contributed by atoms with Gasteiger partial charge in [-0.1, -0.05) is 12.1 Å². The van der Waals surface area contributed by atoms with Crippen LogP contribution < -0.4 is 26.0 Å². The first kappa shape index (κ1) is 21.8. The Bertz CT molecular complexity index is 1440. The summed E-state index contributed by atoms with van der Waals surface area (Å²) >= 11 is 0. The second kappa shape index (κ2) is 8.99. The van der Waals surface area contributed by atoms with E-state index in [1.54, 1.807) is 24.3 Å². The number of amides is 1. The number of hydrogen-bond donors (Lipinski definition) is 2. The Morgan fingerprint density at radius 1 is 0.970 bits per heavy atom. The van der Waals surface area contributed by atoms with Crippen LogP contribution in [0.15, 0.2) is 70.3 Å². The summed E-state index contributed by atoms with van der Waals surface area (Å²) in [4.78, 5) is 40.6. The van der Waals surface area contributed by atoms with Crippen molar-refractivity contribution < 1.29 is 18.7 Å². The number of fused-ring (bicyclic) bond motifs is 1. The summed E-state index contributed by atoms with van der Waals surface area (Å²) in [7, 11) is 2.92. The molecule has 0 saturated heterocycles. The van der Waals surface area contributed by atoms with E-state index in [9.17, 15) is 18.8 Å². The molecular formula is C24H20FN3O5. The highest BCUT2D eigenvalue weighted by atomic mass is 19.1. The van der Waals surface area contributed by atoms with Crippen molar-refractivity contribution in [3.05, 3.63) is 98.4 Å². The average Bonchev–Trinajstić information content (AvgIpc) is 2.82. The van der Waals surface area contributed by atoms with Gasteiger partial charge >= 0.3 is 5.69 Å². The van der Waals surface area contributed by atoms with Gasteiger partial charge in [0, 0.05) is 17.3 Å². The van der Waals surface area contributed by atoms with Crippen molar-refractivity contribution in [2.45, 2.75) is 6.54 Å². The van der Waals surface area contributed by atoms with Gasteiger partial charge in [-0.05, 0) is 48.0 Å². The molecule has 1 heterocycles. The lowest BCUT2D eigenvalue weighted by molar-refractivity contribution is 0.102. The van der Waals surface area contributed by atoms with Crippen LogP contribution in [0, 0.1) is 5.82 Å². The van der Waals surface area contributed by atoms with E-state index >= 15 is 0 Å². The summed E-state index contributed by atoms with van der Waals surface area (Å²) < 4.78 is 24.6. The molecule has 33 heavy (non-hydrogen) atoms. The van der Waals surface area contributed by atoms with Gasteiger partial charge in [-0.3, -0.25) is 14.2 Å². The summed E-state index contributed by atoms with van der Waals surface area (Å²) in [5.74, 6) is 0.00768. The fourth-order valence-electron chi connectivity index (χ4n) is 3.40. The first-order valence-corrected chi connectivity index (χ1v) is 9.94. The third-order valence-corrected chi connectivity index (χ3v) is 5.14. The van der Waals surface area contributed by atoms with Gasteiger partial charge in [0.1, 0.15) is 5.82 Å². The topological polar surface area (TPSA) is 102 Å². The molecule has 0 aliphatic carbocycles. The number of carbonyl (C=O) groups excluding carboxylic acids is 1. The van der Waals surface area contributed by atoms with Crippen molar-refractivity contribution in [3.8, 4) is 11.5 Å². The molecule has 0 atom stereocenters. The standard InChI is InChI=1S/C24H20FN3O5/c1-32-20-11-18-19(12-21(20)33-2)27-24(31)28(23(18)30)13-14-3-5-15(6-4-14)22(29)26-17-9-7-16(25)8-10-17/h3-12H,13H2,1-2H3,(H,26,29)(H,27,31). The third kappa shape index (κ3) is 4.47. The van der Waals surface area contributed by atoms with E-state index in [0.717, 1.165) is 4.57 Å². The molecule has 9 heteroatoms. The molecule has 4 aromatic rings. The number of nitrogens with zero attached hydrogens (tertiary/aromatic N) is 1. The predicted molar refractivity (Wildman–Crippen MR) is 122 cm³/mol. The van der Waals surface area contributed by atoms with Crippen molar-refractivity contribution >= 4 is 22.5 Å². The minimum Gasteiger partial charge on any atom is -0.493 e. The van der Waals surface area contributed by atoms with Crippen LogP contribution in [0.25, 0.3) is 10.9 Å². The van der Waals surface area contributed by atoms with Gasteiger partial charge in [-0.2, -0.15) is 0 Å². The Morgan fingerprint density at radius 2 is 1.61 bits per heavy atom. The zero-order valence-corrected chi connectivity index (χ0v) is 17.8. The maximum absolute atomic E-state index is 13.0. The number of anilines is 1. The SMILES string of the molecule is COc1cc2[nH]c(=O)n(Cc3ccc(C(=O)Nc4ccc(F)cc4)cc3)c(=O)c2cc1OC. The monoisotopic (exact) mass is 449 g/mol. The van der Waals surface area contributed by atoms with E-state index in [0.29, 0.717) is 33.8 Å². The van der Waals surface area contributed by atoms with E-state index in [1.807, 2.05) is 0 Å². The maximum atomic E-state index is 13.0. The summed E-state index contributed by atoms with van der Waals surface area (Å²) in [5.41, 5.74) is 0.782. The zero-order chi connectivity index (χ0) is 23.5. The van der Waals surface area contributed by atoms with Crippen LogP contribution in [0.2, 0.25) is 0 Å². The van der Waals surface area contributed by atoms with Gasteiger partial charge in [0.2, 0.25) is 0 Å². The molecule has 2 N–H and O–H groups in total. The quantitative estimate of drug-likeness (QED) is 0.471. The minimum absolute atomic E-state index is 0.0122. The van der Waals surface area contributed by atoms with E-state index in [4.69, 9.17) is 9.47 Å². The lowest BCUT2D eigenvalue weighted by atomic mass is 10.1. The lowest BCUT2D eigenvalue weighted by Gasteiger charge is -2.11. The molecule has 1 aromatic heterocycles. The third-order valence-electron chi connectivity index (χ3n) is 5.14. The number of halogens is 1. The molecule has 168 valence electrons. The molecule has 3 aromatic carbocycles. The number of carbonyl (C=O) groups is 1. The Balaban J connectivity index is 1.59. The molecule has 0 bridgehead atoms. The number of rotatable bonds is 6. The second-order valence-corrected chi connectivity index (χ2v) is 7.23. The molecule has 0 saturated carbocycles. The Hall–Kier alpha value is -4.40. The normalized spacial score (nSPS) is 10.8. The Kier molecular flexibility index (Phi) is 5.95. The molecule has 8 nitrogen and oxygen atoms in total. The van der Waals surface area contributed by atoms with Gasteiger partial charge in [-0.25, -0.2) is 9.18 Å². The number of nitrogens with one attached hydrogen (secondary N) is 2. The number of aromatic amines is 1. The van der Waals surface area contributed by atoms with Gasteiger partial charge in [0.25, 0.3) is 11.5 Å². The molecule has 4 rings (SSSR count). The number of benzene rings is 3. The van der Waals surface area contributed by atoms with Crippen LogP contribution in [-0.2, 0) is 6.54 Å². The molecule has 0 aliphatic rings. The average molecular weight is 449 g/mol. The van der Waals surface area contributed by atoms with E-state index in [1.165, 1.54) is 50.6 Å². The van der Waals surface area contributed by atoms with E-state index in [2.05, 4.69) is 10.3 Å². The molecule has 0 unspecified atom stereocenters. The molecule has 0 radical (unpaired) electrons. The first-order valence-electron chi connectivity index (χ1n) is 9.94. The van der Waals surface area contributed by atoms with E-state index in [-0.39, 0.29) is 17.8 Å². The number of H-pyrrole nitrogens is 1. The van der Waals surface area contributed by atoms with Crippen LogP contribution in [0.4, 0.5) is 10.1 Å². The highest BCUT2D eigenvalue weighted by molar-refractivity contribution is 6.04. The highest BCUT2D eigenvalue weighted by Gasteiger charge is 2.14. The largest absolute Gasteiger partial charge is 0.493 e. The predicted octanol–water partition coefficient (Wildman–Crippen LogP) is 3.15. The van der Waals surface area contributed by atoms with Crippen molar-refractivity contribution in [3.63, 3.8) is 0 Å². The molecule has 0 fully saturated rings. The summed E-state index contributed by atoms with van der Waals surface area (Å²) in [6, 6.07) is 15.0. The van der Waals surface area contributed by atoms with Crippen molar-refractivity contribution in [1.29, 1.82) is 0 Å². The smallest absolute Gasteiger partial charge is 0.329 e.